The summed E-state index contributed by atoms with van der Waals surface area (Å²) < 4.78 is 49.0. The van der Waals surface area contributed by atoms with Gasteiger partial charge in [-0.1, -0.05) is 62.2 Å². The molecule has 0 amide bonds. The van der Waals surface area contributed by atoms with Gasteiger partial charge < -0.3 is 4.74 Å². The molecule has 0 unspecified atom stereocenters. The number of allylic oxidation sites excluding steroid dienone is 2. The predicted octanol–water partition coefficient (Wildman–Crippen LogP) is 9.28. The van der Waals surface area contributed by atoms with Crippen LogP contribution in [-0.4, -0.2) is 6.61 Å². The van der Waals surface area contributed by atoms with Crippen LogP contribution in [0.1, 0.15) is 99.3 Å². The van der Waals surface area contributed by atoms with Crippen LogP contribution in [0.15, 0.2) is 54.6 Å². The molecule has 2 fully saturated rings. The lowest BCUT2D eigenvalue weighted by molar-refractivity contribution is -0.249. The predicted molar refractivity (Wildman–Crippen MR) is 136 cm³/mol. The Hall–Kier alpha value is -2.07. The molecular formula is C31H39F3O. The Balaban J connectivity index is 1.29. The van der Waals surface area contributed by atoms with Crippen molar-refractivity contribution in [1.29, 1.82) is 0 Å². The van der Waals surface area contributed by atoms with Crippen LogP contribution in [0.5, 0.6) is 0 Å². The van der Waals surface area contributed by atoms with Crippen LogP contribution in [0.25, 0.3) is 0 Å². The molecule has 2 aromatic rings. The van der Waals surface area contributed by atoms with Crippen LogP contribution in [0.2, 0.25) is 0 Å². The normalized spacial score (nSPS) is 25.7. The molecule has 0 atom stereocenters. The summed E-state index contributed by atoms with van der Waals surface area (Å²) in [5.41, 5.74) is 2.43. The van der Waals surface area contributed by atoms with Gasteiger partial charge >= 0.3 is 6.11 Å². The van der Waals surface area contributed by atoms with Crippen LogP contribution in [0, 0.1) is 17.7 Å². The smallest absolute Gasteiger partial charge is 0.316 e. The van der Waals surface area contributed by atoms with E-state index in [0.29, 0.717) is 18.3 Å². The Bertz CT molecular complexity index is 965. The van der Waals surface area contributed by atoms with Crippen molar-refractivity contribution < 1.29 is 17.9 Å². The van der Waals surface area contributed by atoms with Crippen molar-refractivity contribution in [3.05, 3.63) is 82.7 Å². The summed E-state index contributed by atoms with van der Waals surface area (Å²) >= 11 is 0. The molecular weight excluding hydrogens is 445 g/mol. The fourth-order valence-electron chi connectivity index (χ4n) is 5.86. The minimum Gasteiger partial charge on any atom is -0.316 e. The zero-order valence-corrected chi connectivity index (χ0v) is 21.1. The molecule has 0 N–H and O–H groups in total. The van der Waals surface area contributed by atoms with Crippen LogP contribution < -0.4 is 0 Å². The zero-order valence-electron chi connectivity index (χ0n) is 21.1. The molecule has 190 valence electrons. The Labute approximate surface area is 208 Å². The number of hydrogen-bond donors (Lipinski definition) is 0. The summed E-state index contributed by atoms with van der Waals surface area (Å²) in [6.45, 7) is 4.17. The standard InChI is InChI=1S/C31H39F3O/c1-3-4-23-7-15-27(16-8-23)28-17-18-29(30(32)21-28)31(33,34)35-20-19-24-9-13-26(14-10-24)25-11-5-22(2)6-12-25/h3-4,9-10,13-14,17-18,21-23,25,27H,5-8,11-12,15-16,19-20H2,1-2H3. The van der Waals surface area contributed by atoms with Gasteiger partial charge in [-0.25, -0.2) is 4.39 Å². The van der Waals surface area contributed by atoms with E-state index in [4.69, 9.17) is 4.74 Å². The Morgan fingerprint density at radius 3 is 2.09 bits per heavy atom. The molecule has 2 aromatic carbocycles. The number of alkyl halides is 2. The van der Waals surface area contributed by atoms with Gasteiger partial charge in [0.1, 0.15) is 5.82 Å². The summed E-state index contributed by atoms with van der Waals surface area (Å²) in [6, 6.07) is 12.4. The summed E-state index contributed by atoms with van der Waals surface area (Å²) in [6.07, 6.45) is 10.0. The van der Waals surface area contributed by atoms with Gasteiger partial charge in [-0.2, -0.15) is 8.78 Å². The molecule has 2 aliphatic rings. The van der Waals surface area contributed by atoms with Crippen molar-refractivity contribution in [2.24, 2.45) is 11.8 Å². The lowest BCUT2D eigenvalue weighted by Crippen LogP contribution is -2.22. The van der Waals surface area contributed by atoms with Gasteiger partial charge in [0.05, 0.1) is 12.2 Å². The molecule has 1 nitrogen and oxygen atoms in total. The second kappa shape index (κ2) is 11.8. The third-order valence-electron chi connectivity index (χ3n) is 8.16. The second-order valence-corrected chi connectivity index (χ2v) is 10.7. The Morgan fingerprint density at radius 1 is 0.857 bits per heavy atom. The maximum Gasteiger partial charge on any atom is 0.386 e. The van der Waals surface area contributed by atoms with Crippen molar-refractivity contribution in [1.82, 2.24) is 0 Å². The van der Waals surface area contributed by atoms with Crippen molar-refractivity contribution in [2.75, 3.05) is 6.61 Å². The topological polar surface area (TPSA) is 9.23 Å². The molecule has 0 aromatic heterocycles. The highest BCUT2D eigenvalue weighted by Crippen LogP contribution is 2.39. The summed E-state index contributed by atoms with van der Waals surface area (Å²) in [5, 5.41) is 0. The number of hydrogen-bond acceptors (Lipinski definition) is 1. The number of rotatable bonds is 8. The Kier molecular flexibility index (Phi) is 8.75. The van der Waals surface area contributed by atoms with E-state index in [-0.39, 0.29) is 12.5 Å². The molecule has 0 saturated heterocycles. The molecule has 0 aliphatic heterocycles. The van der Waals surface area contributed by atoms with E-state index in [9.17, 15) is 13.2 Å². The first-order valence-electron chi connectivity index (χ1n) is 13.4. The van der Waals surface area contributed by atoms with Crippen molar-refractivity contribution >= 4 is 0 Å². The van der Waals surface area contributed by atoms with Gasteiger partial charge in [-0.15, -0.1) is 0 Å². The zero-order chi connectivity index (χ0) is 24.8. The highest BCUT2D eigenvalue weighted by atomic mass is 19.3. The molecule has 0 bridgehead atoms. The third kappa shape index (κ3) is 6.78. The lowest BCUT2D eigenvalue weighted by atomic mass is 9.78. The van der Waals surface area contributed by atoms with E-state index in [2.05, 4.69) is 31.2 Å². The summed E-state index contributed by atoms with van der Waals surface area (Å²) in [4.78, 5) is 0. The van der Waals surface area contributed by atoms with E-state index in [1.807, 2.05) is 19.1 Å². The second-order valence-electron chi connectivity index (χ2n) is 10.7. The maximum atomic E-state index is 14.7. The number of benzene rings is 2. The van der Waals surface area contributed by atoms with E-state index in [0.717, 1.165) is 42.7 Å². The van der Waals surface area contributed by atoms with E-state index in [1.54, 1.807) is 6.07 Å². The van der Waals surface area contributed by atoms with Gasteiger partial charge in [-0.05, 0) is 104 Å². The Morgan fingerprint density at radius 2 is 1.46 bits per heavy atom. The molecule has 4 rings (SSSR count). The minimum absolute atomic E-state index is 0.163. The van der Waals surface area contributed by atoms with Gasteiger partial charge in [-0.3, -0.25) is 0 Å². The van der Waals surface area contributed by atoms with Gasteiger partial charge in [0.15, 0.2) is 0 Å². The largest absolute Gasteiger partial charge is 0.386 e. The third-order valence-corrected chi connectivity index (χ3v) is 8.16. The van der Waals surface area contributed by atoms with E-state index < -0.39 is 17.5 Å². The van der Waals surface area contributed by atoms with Crippen molar-refractivity contribution in [2.45, 2.75) is 89.6 Å². The maximum absolute atomic E-state index is 14.7. The van der Waals surface area contributed by atoms with Gasteiger partial charge in [0.25, 0.3) is 0 Å². The quantitative estimate of drug-likeness (QED) is 0.339. The molecule has 4 heteroatoms. The molecule has 2 saturated carbocycles. The SMILES string of the molecule is CC=CC1CCC(c2ccc(C(F)(F)OCCc3ccc(C4CCC(C)CC4)cc3)c(F)c2)CC1. The highest BCUT2D eigenvalue weighted by molar-refractivity contribution is 5.30. The first-order chi connectivity index (χ1) is 16.9. The molecule has 35 heavy (non-hydrogen) atoms. The van der Waals surface area contributed by atoms with E-state index >= 15 is 0 Å². The van der Waals surface area contributed by atoms with Crippen LogP contribution in [-0.2, 0) is 17.3 Å². The molecule has 2 aliphatic carbocycles. The first kappa shape index (κ1) is 26.0. The first-order valence-corrected chi connectivity index (χ1v) is 13.4. The van der Waals surface area contributed by atoms with Crippen molar-refractivity contribution in [3.63, 3.8) is 0 Å². The average molecular weight is 485 g/mol. The minimum atomic E-state index is -3.65. The molecule has 0 radical (unpaired) electrons. The highest BCUT2D eigenvalue weighted by Gasteiger charge is 2.36. The number of halogens is 3. The fourth-order valence-corrected chi connectivity index (χ4v) is 5.86. The molecule has 0 heterocycles. The van der Waals surface area contributed by atoms with Gasteiger partial charge in [0, 0.05) is 0 Å². The fraction of sp³-hybridized carbons (Fsp3) is 0.548. The van der Waals surface area contributed by atoms with E-state index in [1.165, 1.54) is 43.4 Å². The number of ether oxygens (including phenoxy) is 1. The summed E-state index contributed by atoms with van der Waals surface area (Å²) in [5.74, 6) is 1.35. The molecule has 0 spiro atoms. The van der Waals surface area contributed by atoms with Crippen molar-refractivity contribution in [3.8, 4) is 0 Å². The van der Waals surface area contributed by atoms with Crippen LogP contribution in [0.4, 0.5) is 13.2 Å². The van der Waals surface area contributed by atoms with Crippen LogP contribution in [0.3, 0.4) is 0 Å². The van der Waals surface area contributed by atoms with Crippen LogP contribution >= 0.6 is 0 Å². The summed E-state index contributed by atoms with van der Waals surface area (Å²) in [7, 11) is 0. The average Bonchev–Trinajstić information content (AvgIpc) is 2.85. The monoisotopic (exact) mass is 484 g/mol. The lowest BCUT2D eigenvalue weighted by Gasteiger charge is -2.27. The van der Waals surface area contributed by atoms with Gasteiger partial charge in [0.2, 0.25) is 0 Å².